The van der Waals surface area contributed by atoms with Gasteiger partial charge in [-0.15, -0.1) is 0 Å². The quantitative estimate of drug-likeness (QED) is 0.767. The Morgan fingerprint density at radius 3 is 2.76 bits per heavy atom. The van der Waals surface area contributed by atoms with Gasteiger partial charge in [-0.25, -0.2) is 0 Å². The van der Waals surface area contributed by atoms with Crippen molar-refractivity contribution in [1.82, 2.24) is 4.98 Å². The lowest BCUT2D eigenvalue weighted by Crippen LogP contribution is -2.32. The van der Waals surface area contributed by atoms with E-state index in [1.54, 1.807) is 12.3 Å². The van der Waals surface area contributed by atoms with Gasteiger partial charge in [0.2, 0.25) is 0 Å². The average molecular weight is 236 g/mol. The molecule has 0 saturated heterocycles. The van der Waals surface area contributed by atoms with E-state index < -0.39 is 6.04 Å². The SMILES string of the molecule is CCOc1cncc(C(=O)C(N)CC(C)C)c1. The van der Waals surface area contributed by atoms with Crippen LogP contribution in [0.15, 0.2) is 18.5 Å². The second-order valence-corrected chi connectivity index (χ2v) is 4.44. The van der Waals surface area contributed by atoms with Gasteiger partial charge >= 0.3 is 0 Å². The molecule has 0 aliphatic rings. The van der Waals surface area contributed by atoms with Crippen LogP contribution in [0.25, 0.3) is 0 Å². The maximum atomic E-state index is 12.0. The van der Waals surface area contributed by atoms with Crippen LogP contribution in [0, 0.1) is 5.92 Å². The molecule has 1 heterocycles. The summed E-state index contributed by atoms with van der Waals surface area (Å²) < 4.78 is 5.30. The van der Waals surface area contributed by atoms with Crippen molar-refractivity contribution in [3.05, 3.63) is 24.0 Å². The first-order valence-corrected chi connectivity index (χ1v) is 5.92. The van der Waals surface area contributed by atoms with Crippen LogP contribution in [0.1, 0.15) is 37.6 Å². The van der Waals surface area contributed by atoms with E-state index in [0.29, 0.717) is 30.3 Å². The number of Topliss-reactive ketones (excluding diaryl/α,β-unsaturated/α-hetero) is 1. The Bertz CT molecular complexity index is 377. The molecule has 0 amide bonds. The Labute approximate surface area is 102 Å². The smallest absolute Gasteiger partial charge is 0.181 e. The highest BCUT2D eigenvalue weighted by Crippen LogP contribution is 2.14. The van der Waals surface area contributed by atoms with Gasteiger partial charge in [0.1, 0.15) is 5.75 Å². The summed E-state index contributed by atoms with van der Waals surface area (Å²) in [5.41, 5.74) is 6.37. The molecule has 1 unspecified atom stereocenters. The van der Waals surface area contributed by atoms with Crippen LogP contribution in [-0.4, -0.2) is 23.4 Å². The Morgan fingerprint density at radius 2 is 2.18 bits per heavy atom. The predicted molar refractivity (Wildman–Crippen MR) is 67.2 cm³/mol. The Balaban J connectivity index is 2.77. The van der Waals surface area contributed by atoms with Crippen LogP contribution in [0.2, 0.25) is 0 Å². The topological polar surface area (TPSA) is 65.2 Å². The zero-order valence-electron chi connectivity index (χ0n) is 10.6. The summed E-state index contributed by atoms with van der Waals surface area (Å²) >= 11 is 0. The maximum absolute atomic E-state index is 12.0. The number of aromatic nitrogens is 1. The van der Waals surface area contributed by atoms with Crippen molar-refractivity contribution in [3.63, 3.8) is 0 Å². The summed E-state index contributed by atoms with van der Waals surface area (Å²) in [7, 11) is 0. The molecule has 0 aromatic carbocycles. The molecule has 1 atom stereocenters. The molecule has 0 fully saturated rings. The van der Waals surface area contributed by atoms with Crippen molar-refractivity contribution in [2.24, 2.45) is 11.7 Å². The van der Waals surface area contributed by atoms with E-state index in [4.69, 9.17) is 10.5 Å². The van der Waals surface area contributed by atoms with E-state index in [0.717, 1.165) is 0 Å². The minimum atomic E-state index is -0.464. The molecule has 4 heteroatoms. The summed E-state index contributed by atoms with van der Waals surface area (Å²) in [5, 5.41) is 0. The monoisotopic (exact) mass is 236 g/mol. The molecule has 4 nitrogen and oxygen atoms in total. The lowest BCUT2D eigenvalue weighted by atomic mass is 9.98. The molecule has 0 aliphatic heterocycles. The molecule has 1 aromatic heterocycles. The molecule has 1 aromatic rings. The zero-order valence-corrected chi connectivity index (χ0v) is 10.6. The molecule has 0 saturated carbocycles. The number of nitrogens with two attached hydrogens (primary N) is 1. The number of rotatable bonds is 6. The van der Waals surface area contributed by atoms with Gasteiger partial charge in [-0.05, 0) is 25.3 Å². The van der Waals surface area contributed by atoms with E-state index in [-0.39, 0.29) is 5.78 Å². The number of carbonyl (C=O) groups excluding carboxylic acids is 1. The van der Waals surface area contributed by atoms with Gasteiger partial charge in [0.15, 0.2) is 5.78 Å². The molecule has 0 radical (unpaired) electrons. The summed E-state index contributed by atoms with van der Waals surface area (Å²) in [6.07, 6.45) is 3.80. The molecule has 94 valence electrons. The molecule has 17 heavy (non-hydrogen) atoms. The van der Waals surface area contributed by atoms with Gasteiger partial charge in [0.05, 0.1) is 18.8 Å². The molecule has 0 spiro atoms. The van der Waals surface area contributed by atoms with Gasteiger partial charge in [0, 0.05) is 11.8 Å². The maximum Gasteiger partial charge on any atom is 0.181 e. The third-order valence-electron chi connectivity index (χ3n) is 2.37. The molecule has 1 rings (SSSR count). The van der Waals surface area contributed by atoms with Crippen LogP contribution in [0.5, 0.6) is 5.75 Å². The Morgan fingerprint density at radius 1 is 1.47 bits per heavy atom. The minimum Gasteiger partial charge on any atom is -0.492 e. The van der Waals surface area contributed by atoms with E-state index >= 15 is 0 Å². The molecular weight excluding hydrogens is 216 g/mol. The lowest BCUT2D eigenvalue weighted by Gasteiger charge is -2.13. The second kappa shape index (κ2) is 6.35. The van der Waals surface area contributed by atoms with Crippen molar-refractivity contribution < 1.29 is 9.53 Å². The second-order valence-electron chi connectivity index (χ2n) is 4.44. The Hall–Kier alpha value is -1.42. The largest absolute Gasteiger partial charge is 0.492 e. The van der Waals surface area contributed by atoms with Crippen LogP contribution < -0.4 is 10.5 Å². The normalized spacial score (nSPS) is 12.5. The van der Waals surface area contributed by atoms with Gasteiger partial charge < -0.3 is 10.5 Å². The third kappa shape index (κ3) is 4.15. The number of hydrogen-bond donors (Lipinski definition) is 1. The summed E-state index contributed by atoms with van der Waals surface area (Å²) in [4.78, 5) is 16.0. The third-order valence-corrected chi connectivity index (χ3v) is 2.37. The van der Waals surface area contributed by atoms with Crippen LogP contribution in [-0.2, 0) is 0 Å². The van der Waals surface area contributed by atoms with Crippen molar-refractivity contribution in [2.75, 3.05) is 6.61 Å². The number of ether oxygens (including phenoxy) is 1. The van der Waals surface area contributed by atoms with Crippen molar-refractivity contribution in [2.45, 2.75) is 33.2 Å². The number of pyridine rings is 1. The van der Waals surface area contributed by atoms with Crippen molar-refractivity contribution in [3.8, 4) is 5.75 Å². The number of carbonyl (C=O) groups is 1. The number of ketones is 1. The number of nitrogens with zero attached hydrogens (tertiary/aromatic N) is 1. The molecule has 0 aliphatic carbocycles. The Kier molecular flexibility index (Phi) is 5.10. The highest BCUT2D eigenvalue weighted by Gasteiger charge is 2.17. The van der Waals surface area contributed by atoms with E-state index in [9.17, 15) is 4.79 Å². The van der Waals surface area contributed by atoms with Crippen molar-refractivity contribution in [1.29, 1.82) is 0 Å². The average Bonchev–Trinajstić information content (AvgIpc) is 2.28. The fourth-order valence-corrected chi connectivity index (χ4v) is 1.63. The van der Waals surface area contributed by atoms with Crippen LogP contribution in [0.4, 0.5) is 0 Å². The van der Waals surface area contributed by atoms with Crippen LogP contribution >= 0.6 is 0 Å². The fourth-order valence-electron chi connectivity index (χ4n) is 1.63. The molecule has 0 bridgehead atoms. The van der Waals surface area contributed by atoms with E-state index in [1.165, 1.54) is 6.20 Å². The van der Waals surface area contributed by atoms with Gasteiger partial charge in [-0.1, -0.05) is 13.8 Å². The van der Waals surface area contributed by atoms with E-state index in [1.807, 2.05) is 20.8 Å². The minimum absolute atomic E-state index is 0.0762. The predicted octanol–water partition coefficient (Wildman–Crippen LogP) is 2.04. The summed E-state index contributed by atoms with van der Waals surface area (Å²) in [5.74, 6) is 0.930. The van der Waals surface area contributed by atoms with Crippen molar-refractivity contribution >= 4 is 5.78 Å². The molecular formula is C13H20N2O2. The fraction of sp³-hybridized carbons (Fsp3) is 0.538. The first kappa shape index (κ1) is 13.6. The lowest BCUT2D eigenvalue weighted by molar-refractivity contribution is 0.0950. The van der Waals surface area contributed by atoms with Gasteiger partial charge in [-0.2, -0.15) is 0 Å². The van der Waals surface area contributed by atoms with Gasteiger partial charge in [-0.3, -0.25) is 9.78 Å². The summed E-state index contributed by atoms with van der Waals surface area (Å²) in [6.45, 7) is 6.53. The first-order chi connectivity index (χ1) is 8.04. The summed E-state index contributed by atoms with van der Waals surface area (Å²) in [6, 6.07) is 1.23. The number of hydrogen-bond acceptors (Lipinski definition) is 4. The van der Waals surface area contributed by atoms with E-state index in [2.05, 4.69) is 4.98 Å². The highest BCUT2D eigenvalue weighted by molar-refractivity contribution is 5.99. The first-order valence-electron chi connectivity index (χ1n) is 5.92. The standard InChI is InChI=1S/C13H20N2O2/c1-4-17-11-6-10(7-15-8-11)13(16)12(14)5-9(2)3/h6-9,12H,4-5,14H2,1-3H3. The highest BCUT2D eigenvalue weighted by atomic mass is 16.5. The zero-order chi connectivity index (χ0) is 12.8. The van der Waals surface area contributed by atoms with Gasteiger partial charge in [0.25, 0.3) is 0 Å². The van der Waals surface area contributed by atoms with Crippen LogP contribution in [0.3, 0.4) is 0 Å². The molecule has 2 N–H and O–H groups in total.